The predicted octanol–water partition coefficient (Wildman–Crippen LogP) is 3.94. The van der Waals surface area contributed by atoms with Gasteiger partial charge in [-0.3, -0.25) is 4.98 Å². The van der Waals surface area contributed by atoms with Crippen LogP contribution in [0.5, 0.6) is 0 Å². The summed E-state index contributed by atoms with van der Waals surface area (Å²) in [6.45, 7) is 1.92. The van der Waals surface area contributed by atoms with Gasteiger partial charge >= 0.3 is 0 Å². The normalized spacial score (nSPS) is 12.7. The van der Waals surface area contributed by atoms with Crippen LogP contribution in [-0.2, 0) is 0 Å². The SMILES string of the molecule is CCC(O)c1ccc(-c2cccc3cccnc23)o1. The fourth-order valence-corrected chi connectivity index (χ4v) is 2.18. The van der Waals surface area contributed by atoms with Gasteiger partial charge < -0.3 is 9.52 Å². The molecule has 1 N–H and O–H groups in total. The average Bonchev–Trinajstić information content (AvgIpc) is 2.95. The maximum Gasteiger partial charge on any atom is 0.136 e. The summed E-state index contributed by atoms with van der Waals surface area (Å²) in [4.78, 5) is 4.41. The third-order valence-corrected chi connectivity index (χ3v) is 3.24. The van der Waals surface area contributed by atoms with Gasteiger partial charge in [-0.2, -0.15) is 0 Å². The lowest BCUT2D eigenvalue weighted by Gasteiger charge is -2.04. The van der Waals surface area contributed by atoms with E-state index in [2.05, 4.69) is 4.98 Å². The number of fused-ring (bicyclic) bond motifs is 1. The molecule has 3 rings (SSSR count). The zero-order valence-electron chi connectivity index (χ0n) is 10.7. The molecule has 1 unspecified atom stereocenters. The molecule has 0 aliphatic heterocycles. The molecule has 0 saturated heterocycles. The average molecular weight is 253 g/mol. The number of benzene rings is 1. The molecule has 19 heavy (non-hydrogen) atoms. The first kappa shape index (κ1) is 11.9. The maximum absolute atomic E-state index is 9.79. The quantitative estimate of drug-likeness (QED) is 0.769. The van der Waals surface area contributed by atoms with E-state index in [1.165, 1.54) is 0 Å². The van der Waals surface area contributed by atoms with Crippen LogP contribution in [0.15, 0.2) is 53.1 Å². The van der Waals surface area contributed by atoms with E-state index in [0.717, 1.165) is 22.2 Å². The summed E-state index contributed by atoms with van der Waals surface area (Å²) in [7, 11) is 0. The molecule has 1 atom stereocenters. The van der Waals surface area contributed by atoms with Crippen molar-refractivity contribution in [3.05, 3.63) is 54.4 Å². The van der Waals surface area contributed by atoms with Gasteiger partial charge in [-0.1, -0.05) is 25.1 Å². The molecule has 3 nitrogen and oxygen atoms in total. The molecule has 0 fully saturated rings. The van der Waals surface area contributed by atoms with E-state index in [1.807, 2.05) is 49.4 Å². The van der Waals surface area contributed by atoms with Crippen LogP contribution in [0.3, 0.4) is 0 Å². The number of aliphatic hydroxyl groups excluding tert-OH is 1. The summed E-state index contributed by atoms with van der Waals surface area (Å²) in [5, 5.41) is 10.9. The van der Waals surface area contributed by atoms with Gasteiger partial charge in [0.1, 0.15) is 17.6 Å². The molecular formula is C16H15NO2. The number of pyridine rings is 1. The highest BCUT2D eigenvalue weighted by atomic mass is 16.4. The molecule has 2 heterocycles. The van der Waals surface area contributed by atoms with Crippen molar-refractivity contribution in [2.24, 2.45) is 0 Å². The first-order chi connectivity index (χ1) is 9.29. The lowest BCUT2D eigenvalue weighted by Crippen LogP contribution is -1.91. The van der Waals surface area contributed by atoms with E-state index >= 15 is 0 Å². The molecule has 0 bridgehead atoms. The number of para-hydroxylation sites is 1. The Morgan fingerprint density at radius 1 is 1.16 bits per heavy atom. The Hall–Kier alpha value is -2.13. The van der Waals surface area contributed by atoms with E-state index in [-0.39, 0.29) is 0 Å². The number of furan rings is 1. The molecule has 96 valence electrons. The third kappa shape index (κ3) is 2.13. The van der Waals surface area contributed by atoms with Gasteiger partial charge in [-0.05, 0) is 30.7 Å². The zero-order valence-corrected chi connectivity index (χ0v) is 10.7. The molecule has 0 amide bonds. The molecule has 0 aliphatic carbocycles. The van der Waals surface area contributed by atoms with Crippen molar-refractivity contribution < 1.29 is 9.52 Å². The Morgan fingerprint density at radius 2 is 2.00 bits per heavy atom. The van der Waals surface area contributed by atoms with E-state index in [1.54, 1.807) is 6.20 Å². The molecular weight excluding hydrogens is 238 g/mol. The van der Waals surface area contributed by atoms with Gasteiger partial charge in [0, 0.05) is 17.1 Å². The number of aromatic nitrogens is 1. The number of hydrogen-bond donors (Lipinski definition) is 1. The van der Waals surface area contributed by atoms with Gasteiger partial charge in [0.05, 0.1) is 5.52 Å². The van der Waals surface area contributed by atoms with Crippen LogP contribution in [0.25, 0.3) is 22.2 Å². The van der Waals surface area contributed by atoms with Gasteiger partial charge in [0.15, 0.2) is 0 Å². The Kier molecular flexibility index (Phi) is 3.05. The van der Waals surface area contributed by atoms with E-state index in [9.17, 15) is 5.11 Å². The monoisotopic (exact) mass is 253 g/mol. The van der Waals surface area contributed by atoms with Gasteiger partial charge in [-0.15, -0.1) is 0 Å². The fourth-order valence-electron chi connectivity index (χ4n) is 2.18. The third-order valence-electron chi connectivity index (χ3n) is 3.24. The number of rotatable bonds is 3. The Morgan fingerprint density at radius 3 is 2.84 bits per heavy atom. The Labute approximate surface area is 111 Å². The summed E-state index contributed by atoms with van der Waals surface area (Å²) in [5.41, 5.74) is 1.87. The van der Waals surface area contributed by atoms with Crippen LogP contribution in [0.2, 0.25) is 0 Å². The lowest BCUT2D eigenvalue weighted by atomic mass is 10.1. The second-order valence-electron chi connectivity index (χ2n) is 4.51. The topological polar surface area (TPSA) is 46.3 Å². The highest BCUT2D eigenvalue weighted by molar-refractivity contribution is 5.92. The zero-order chi connectivity index (χ0) is 13.2. The minimum atomic E-state index is -0.545. The Balaban J connectivity index is 2.12. The second-order valence-corrected chi connectivity index (χ2v) is 4.51. The second kappa shape index (κ2) is 4.86. The summed E-state index contributed by atoms with van der Waals surface area (Å²) < 4.78 is 5.74. The van der Waals surface area contributed by atoms with Crippen molar-refractivity contribution in [1.82, 2.24) is 4.98 Å². The molecule has 0 spiro atoms. The summed E-state index contributed by atoms with van der Waals surface area (Å²) in [6, 6.07) is 13.6. The lowest BCUT2D eigenvalue weighted by molar-refractivity contribution is 0.147. The highest BCUT2D eigenvalue weighted by Crippen LogP contribution is 2.30. The predicted molar refractivity (Wildman–Crippen MR) is 74.7 cm³/mol. The van der Waals surface area contributed by atoms with E-state index in [0.29, 0.717) is 12.2 Å². The van der Waals surface area contributed by atoms with Crippen LogP contribution in [0.4, 0.5) is 0 Å². The first-order valence-electron chi connectivity index (χ1n) is 6.41. The number of hydrogen-bond acceptors (Lipinski definition) is 3. The van der Waals surface area contributed by atoms with Crippen molar-refractivity contribution in [2.75, 3.05) is 0 Å². The van der Waals surface area contributed by atoms with Gasteiger partial charge in [0.2, 0.25) is 0 Å². The van der Waals surface area contributed by atoms with Crippen molar-refractivity contribution >= 4 is 10.9 Å². The minimum absolute atomic E-state index is 0.545. The van der Waals surface area contributed by atoms with Crippen molar-refractivity contribution in [1.29, 1.82) is 0 Å². The maximum atomic E-state index is 9.79. The van der Waals surface area contributed by atoms with Crippen LogP contribution in [0, 0.1) is 0 Å². The van der Waals surface area contributed by atoms with Crippen LogP contribution >= 0.6 is 0 Å². The largest absolute Gasteiger partial charge is 0.458 e. The minimum Gasteiger partial charge on any atom is -0.458 e. The van der Waals surface area contributed by atoms with E-state index < -0.39 is 6.10 Å². The van der Waals surface area contributed by atoms with E-state index in [4.69, 9.17) is 4.42 Å². The summed E-state index contributed by atoms with van der Waals surface area (Å²) >= 11 is 0. The molecule has 0 saturated carbocycles. The molecule has 3 aromatic rings. The first-order valence-corrected chi connectivity index (χ1v) is 6.41. The molecule has 0 radical (unpaired) electrons. The molecule has 3 heteroatoms. The Bertz CT molecular complexity index is 697. The summed E-state index contributed by atoms with van der Waals surface area (Å²) in [6.07, 6.45) is 1.87. The van der Waals surface area contributed by atoms with Crippen molar-refractivity contribution in [2.45, 2.75) is 19.4 Å². The molecule has 2 aromatic heterocycles. The fraction of sp³-hybridized carbons (Fsp3) is 0.188. The van der Waals surface area contributed by atoms with Crippen LogP contribution < -0.4 is 0 Å². The standard InChI is InChI=1S/C16H15NO2/c1-2-13(18)15-9-8-14(19-15)12-7-3-5-11-6-4-10-17-16(11)12/h3-10,13,18H,2H2,1H3. The number of nitrogens with zero attached hydrogens (tertiary/aromatic N) is 1. The van der Waals surface area contributed by atoms with Crippen LogP contribution in [0.1, 0.15) is 25.2 Å². The highest BCUT2D eigenvalue weighted by Gasteiger charge is 2.13. The van der Waals surface area contributed by atoms with Gasteiger partial charge in [0.25, 0.3) is 0 Å². The van der Waals surface area contributed by atoms with Crippen LogP contribution in [-0.4, -0.2) is 10.1 Å². The van der Waals surface area contributed by atoms with Crippen molar-refractivity contribution in [3.63, 3.8) is 0 Å². The molecule has 0 aliphatic rings. The van der Waals surface area contributed by atoms with Crippen molar-refractivity contribution in [3.8, 4) is 11.3 Å². The number of aliphatic hydroxyl groups is 1. The smallest absolute Gasteiger partial charge is 0.136 e. The van der Waals surface area contributed by atoms with Gasteiger partial charge in [-0.25, -0.2) is 0 Å². The summed E-state index contributed by atoms with van der Waals surface area (Å²) in [5.74, 6) is 1.34. The molecule has 1 aromatic carbocycles.